The standard InChI is InChI=1S/C8H15NO3/c1-2-7(10)9-4-3-8(11)5-12-6-8/h11H,2-6H2,1H3,(H,9,10). The minimum absolute atomic E-state index is 0.0267. The van der Waals surface area contributed by atoms with Crippen molar-refractivity contribution < 1.29 is 14.6 Å². The molecule has 0 saturated carbocycles. The molecule has 0 spiro atoms. The van der Waals surface area contributed by atoms with E-state index in [4.69, 9.17) is 4.74 Å². The zero-order chi connectivity index (χ0) is 9.03. The van der Waals surface area contributed by atoms with Crippen LogP contribution in [0.2, 0.25) is 0 Å². The molecule has 0 bridgehead atoms. The third kappa shape index (κ3) is 2.46. The van der Waals surface area contributed by atoms with Crippen LogP contribution in [0.25, 0.3) is 0 Å². The summed E-state index contributed by atoms with van der Waals surface area (Å²) >= 11 is 0. The van der Waals surface area contributed by atoms with E-state index in [1.54, 1.807) is 6.92 Å². The molecule has 4 heteroatoms. The maximum atomic E-state index is 10.8. The molecule has 70 valence electrons. The summed E-state index contributed by atoms with van der Waals surface area (Å²) in [6, 6.07) is 0. The van der Waals surface area contributed by atoms with E-state index in [0.29, 0.717) is 32.6 Å². The maximum absolute atomic E-state index is 10.8. The van der Waals surface area contributed by atoms with Crippen molar-refractivity contribution >= 4 is 5.91 Å². The summed E-state index contributed by atoms with van der Waals surface area (Å²) in [5, 5.41) is 12.2. The third-order valence-corrected chi connectivity index (χ3v) is 1.98. The average molecular weight is 173 g/mol. The Kier molecular flexibility index (Phi) is 3.05. The topological polar surface area (TPSA) is 58.6 Å². The van der Waals surface area contributed by atoms with Gasteiger partial charge in [0.05, 0.1) is 13.2 Å². The summed E-state index contributed by atoms with van der Waals surface area (Å²) in [6.07, 6.45) is 1.08. The van der Waals surface area contributed by atoms with Gasteiger partial charge in [-0.25, -0.2) is 0 Å². The summed E-state index contributed by atoms with van der Waals surface area (Å²) < 4.78 is 4.86. The Morgan fingerprint density at radius 2 is 2.33 bits per heavy atom. The molecule has 12 heavy (non-hydrogen) atoms. The number of rotatable bonds is 4. The predicted octanol–water partition coefficient (Wildman–Crippen LogP) is -0.336. The highest BCUT2D eigenvalue weighted by molar-refractivity contribution is 5.75. The van der Waals surface area contributed by atoms with E-state index < -0.39 is 5.60 Å². The fourth-order valence-electron chi connectivity index (χ4n) is 1.04. The van der Waals surface area contributed by atoms with E-state index >= 15 is 0 Å². The molecule has 0 radical (unpaired) electrons. The molecule has 1 heterocycles. The molecule has 4 nitrogen and oxygen atoms in total. The van der Waals surface area contributed by atoms with Gasteiger partial charge in [-0.3, -0.25) is 4.79 Å². The minimum Gasteiger partial charge on any atom is -0.385 e. The van der Waals surface area contributed by atoms with Crippen LogP contribution in [0.4, 0.5) is 0 Å². The number of nitrogens with one attached hydrogen (secondary N) is 1. The number of hydrogen-bond donors (Lipinski definition) is 2. The highest BCUT2D eigenvalue weighted by Crippen LogP contribution is 2.19. The molecular formula is C8H15NO3. The van der Waals surface area contributed by atoms with E-state index in [1.807, 2.05) is 0 Å². The van der Waals surface area contributed by atoms with Gasteiger partial charge in [0, 0.05) is 13.0 Å². The monoisotopic (exact) mass is 173 g/mol. The van der Waals surface area contributed by atoms with Crippen LogP contribution in [-0.4, -0.2) is 36.4 Å². The SMILES string of the molecule is CCC(=O)NCCC1(O)COC1. The molecule has 1 rings (SSSR count). The fraction of sp³-hybridized carbons (Fsp3) is 0.875. The van der Waals surface area contributed by atoms with Crippen LogP contribution in [0.5, 0.6) is 0 Å². The Morgan fingerprint density at radius 1 is 1.67 bits per heavy atom. The summed E-state index contributed by atoms with van der Waals surface area (Å²) in [7, 11) is 0. The van der Waals surface area contributed by atoms with Gasteiger partial charge in [-0.1, -0.05) is 6.92 Å². The summed E-state index contributed by atoms with van der Waals surface area (Å²) in [5.41, 5.74) is -0.680. The van der Waals surface area contributed by atoms with E-state index in [9.17, 15) is 9.90 Å². The molecule has 0 aromatic rings. The summed E-state index contributed by atoms with van der Waals surface area (Å²) in [6.45, 7) is 3.13. The molecule has 1 saturated heterocycles. The van der Waals surface area contributed by atoms with E-state index in [0.717, 1.165) is 0 Å². The van der Waals surface area contributed by atoms with E-state index in [2.05, 4.69) is 5.32 Å². The largest absolute Gasteiger partial charge is 0.385 e. The molecule has 1 aliphatic rings. The van der Waals surface area contributed by atoms with Gasteiger partial charge in [0.1, 0.15) is 5.60 Å². The zero-order valence-corrected chi connectivity index (χ0v) is 7.30. The Balaban J connectivity index is 2.05. The van der Waals surface area contributed by atoms with Gasteiger partial charge in [0.2, 0.25) is 5.91 Å². The van der Waals surface area contributed by atoms with Crippen LogP contribution >= 0.6 is 0 Å². The number of carbonyl (C=O) groups excluding carboxylic acids is 1. The van der Waals surface area contributed by atoms with Gasteiger partial charge in [-0.05, 0) is 6.42 Å². The Hall–Kier alpha value is -0.610. The second-order valence-electron chi connectivity index (χ2n) is 3.17. The quantitative estimate of drug-likeness (QED) is 0.611. The van der Waals surface area contributed by atoms with E-state index in [1.165, 1.54) is 0 Å². The molecule has 1 aliphatic heterocycles. The van der Waals surface area contributed by atoms with Crippen molar-refractivity contribution in [1.29, 1.82) is 0 Å². The minimum atomic E-state index is -0.680. The van der Waals surface area contributed by atoms with Crippen molar-refractivity contribution in [2.24, 2.45) is 0 Å². The van der Waals surface area contributed by atoms with Crippen LogP contribution in [-0.2, 0) is 9.53 Å². The van der Waals surface area contributed by atoms with Crippen LogP contribution < -0.4 is 5.32 Å². The van der Waals surface area contributed by atoms with Crippen molar-refractivity contribution in [2.45, 2.75) is 25.4 Å². The lowest BCUT2D eigenvalue weighted by atomic mass is 9.98. The average Bonchev–Trinajstić information content (AvgIpc) is 2.01. The van der Waals surface area contributed by atoms with Gasteiger partial charge in [0.15, 0.2) is 0 Å². The lowest BCUT2D eigenvalue weighted by Crippen LogP contribution is -2.51. The first-order chi connectivity index (χ1) is 5.66. The Bertz CT molecular complexity index is 166. The Labute approximate surface area is 71.9 Å². The molecule has 0 aromatic carbocycles. The first-order valence-electron chi connectivity index (χ1n) is 4.23. The third-order valence-electron chi connectivity index (χ3n) is 1.98. The van der Waals surface area contributed by atoms with Crippen molar-refractivity contribution in [3.05, 3.63) is 0 Å². The fourth-order valence-corrected chi connectivity index (χ4v) is 1.04. The normalized spacial score (nSPS) is 19.8. The van der Waals surface area contributed by atoms with Crippen molar-refractivity contribution in [3.8, 4) is 0 Å². The predicted molar refractivity (Wildman–Crippen MR) is 43.7 cm³/mol. The summed E-state index contributed by atoms with van der Waals surface area (Å²) in [5.74, 6) is 0.0267. The maximum Gasteiger partial charge on any atom is 0.219 e. The van der Waals surface area contributed by atoms with Crippen LogP contribution in [0.15, 0.2) is 0 Å². The van der Waals surface area contributed by atoms with E-state index in [-0.39, 0.29) is 5.91 Å². The molecule has 1 amide bonds. The van der Waals surface area contributed by atoms with Crippen LogP contribution in [0, 0.1) is 0 Å². The molecule has 0 aromatic heterocycles. The lowest BCUT2D eigenvalue weighted by molar-refractivity contribution is -0.180. The molecule has 0 unspecified atom stereocenters. The van der Waals surface area contributed by atoms with Gasteiger partial charge < -0.3 is 15.2 Å². The molecule has 0 atom stereocenters. The number of hydrogen-bond acceptors (Lipinski definition) is 3. The second-order valence-corrected chi connectivity index (χ2v) is 3.17. The number of carbonyl (C=O) groups is 1. The number of aliphatic hydroxyl groups is 1. The molecule has 1 fully saturated rings. The molecule has 0 aliphatic carbocycles. The van der Waals surface area contributed by atoms with Crippen LogP contribution in [0.3, 0.4) is 0 Å². The van der Waals surface area contributed by atoms with Crippen molar-refractivity contribution in [1.82, 2.24) is 5.32 Å². The number of amides is 1. The lowest BCUT2D eigenvalue weighted by Gasteiger charge is -2.36. The second kappa shape index (κ2) is 3.87. The van der Waals surface area contributed by atoms with Crippen LogP contribution in [0.1, 0.15) is 19.8 Å². The summed E-state index contributed by atoms with van der Waals surface area (Å²) in [4.78, 5) is 10.8. The van der Waals surface area contributed by atoms with Gasteiger partial charge in [0.25, 0.3) is 0 Å². The van der Waals surface area contributed by atoms with Gasteiger partial charge >= 0.3 is 0 Å². The number of ether oxygens (including phenoxy) is 1. The van der Waals surface area contributed by atoms with Crippen molar-refractivity contribution in [2.75, 3.05) is 19.8 Å². The Morgan fingerprint density at radius 3 is 2.75 bits per heavy atom. The van der Waals surface area contributed by atoms with Gasteiger partial charge in [-0.15, -0.1) is 0 Å². The van der Waals surface area contributed by atoms with Gasteiger partial charge in [-0.2, -0.15) is 0 Å². The zero-order valence-electron chi connectivity index (χ0n) is 7.30. The highest BCUT2D eigenvalue weighted by Gasteiger charge is 2.35. The first kappa shape index (κ1) is 9.48. The molecule has 2 N–H and O–H groups in total. The highest BCUT2D eigenvalue weighted by atomic mass is 16.5. The molecular weight excluding hydrogens is 158 g/mol. The first-order valence-corrected chi connectivity index (χ1v) is 4.23. The van der Waals surface area contributed by atoms with Crippen molar-refractivity contribution in [3.63, 3.8) is 0 Å². The smallest absolute Gasteiger partial charge is 0.219 e.